The summed E-state index contributed by atoms with van der Waals surface area (Å²) in [6, 6.07) is 3.97. The summed E-state index contributed by atoms with van der Waals surface area (Å²) in [4.78, 5) is 84.9. The standard InChI is InChI=1S/C35H42O13/c1-3-30(37)43-17-5-6-18-45-32(39)24-11-13-26(14-12-24)34(41)48-29-16-15-27(47-33(40)25-9-7-23(22-36)8-10-25)21-28(29)35(42)46-20-19-44-31(38)4-2/h3-4,15-16,21-26H,1-2,5-14,17-20H2. The van der Waals surface area contributed by atoms with Gasteiger partial charge in [0, 0.05) is 18.1 Å². The van der Waals surface area contributed by atoms with Gasteiger partial charge in [-0.15, -0.1) is 0 Å². The van der Waals surface area contributed by atoms with Crippen molar-refractivity contribution in [2.24, 2.45) is 23.7 Å². The molecule has 3 rings (SSSR count). The summed E-state index contributed by atoms with van der Waals surface area (Å²) < 4.78 is 31.4. The van der Waals surface area contributed by atoms with Gasteiger partial charge in [-0.25, -0.2) is 14.4 Å². The van der Waals surface area contributed by atoms with Crippen LogP contribution in [0.3, 0.4) is 0 Å². The number of hydrogen-bond donors (Lipinski definition) is 0. The van der Waals surface area contributed by atoms with Gasteiger partial charge in [0.2, 0.25) is 0 Å². The van der Waals surface area contributed by atoms with Crippen LogP contribution in [0.2, 0.25) is 0 Å². The summed E-state index contributed by atoms with van der Waals surface area (Å²) in [5.41, 5.74) is -0.176. The summed E-state index contributed by atoms with van der Waals surface area (Å²) in [6.45, 7) is 6.47. The molecule has 260 valence electrons. The van der Waals surface area contributed by atoms with Crippen LogP contribution in [0.4, 0.5) is 0 Å². The number of unbranched alkanes of at least 4 members (excludes halogenated alkanes) is 1. The highest BCUT2D eigenvalue weighted by atomic mass is 16.6. The van der Waals surface area contributed by atoms with Gasteiger partial charge in [0.25, 0.3) is 0 Å². The van der Waals surface area contributed by atoms with E-state index in [-0.39, 0.29) is 61.3 Å². The largest absolute Gasteiger partial charge is 0.465 e. The average molecular weight is 671 g/mol. The summed E-state index contributed by atoms with van der Waals surface area (Å²) in [6.07, 6.45) is 7.76. The Bertz CT molecular complexity index is 1330. The third-order valence-electron chi connectivity index (χ3n) is 8.21. The van der Waals surface area contributed by atoms with Gasteiger partial charge in [-0.2, -0.15) is 0 Å². The summed E-state index contributed by atoms with van der Waals surface area (Å²) in [5, 5.41) is 0. The second kappa shape index (κ2) is 19.8. The first-order valence-electron chi connectivity index (χ1n) is 16.1. The van der Waals surface area contributed by atoms with Gasteiger partial charge in [0.05, 0.1) is 31.0 Å². The summed E-state index contributed by atoms with van der Waals surface area (Å²) in [7, 11) is 0. The fourth-order valence-corrected chi connectivity index (χ4v) is 5.41. The lowest BCUT2D eigenvalue weighted by Gasteiger charge is -2.26. The fraction of sp³-hybridized carbons (Fsp3) is 0.514. The summed E-state index contributed by atoms with van der Waals surface area (Å²) in [5.74, 6) is -4.98. The van der Waals surface area contributed by atoms with Crippen LogP contribution >= 0.6 is 0 Å². The second-order valence-electron chi connectivity index (χ2n) is 11.6. The molecular formula is C35H42O13. The highest BCUT2D eigenvalue weighted by Gasteiger charge is 2.33. The van der Waals surface area contributed by atoms with E-state index in [9.17, 15) is 33.6 Å². The zero-order valence-corrected chi connectivity index (χ0v) is 26.9. The first-order valence-corrected chi connectivity index (χ1v) is 16.1. The zero-order chi connectivity index (χ0) is 34.9. The lowest BCUT2D eigenvalue weighted by Crippen LogP contribution is -2.30. The molecule has 0 amide bonds. The highest BCUT2D eigenvalue weighted by Crippen LogP contribution is 2.33. The monoisotopic (exact) mass is 670 g/mol. The third-order valence-corrected chi connectivity index (χ3v) is 8.21. The molecule has 13 heteroatoms. The molecule has 2 fully saturated rings. The van der Waals surface area contributed by atoms with Crippen molar-refractivity contribution in [1.29, 1.82) is 0 Å². The number of rotatable bonds is 17. The fourth-order valence-electron chi connectivity index (χ4n) is 5.41. The normalized spacial score (nSPS) is 20.2. The Balaban J connectivity index is 1.57. The van der Waals surface area contributed by atoms with Gasteiger partial charge in [-0.3, -0.25) is 14.4 Å². The van der Waals surface area contributed by atoms with Crippen LogP contribution in [0.25, 0.3) is 0 Å². The molecule has 2 aliphatic rings. The molecule has 0 aliphatic heterocycles. The quantitative estimate of drug-likeness (QED) is 0.0575. The molecule has 13 nitrogen and oxygen atoms in total. The molecular weight excluding hydrogens is 628 g/mol. The Kier molecular flexibility index (Phi) is 15.5. The van der Waals surface area contributed by atoms with Gasteiger partial charge in [0.15, 0.2) is 0 Å². The van der Waals surface area contributed by atoms with Crippen molar-refractivity contribution in [3.05, 3.63) is 49.1 Å². The Morgan fingerprint density at radius 1 is 0.625 bits per heavy atom. The first-order chi connectivity index (χ1) is 23.1. The Labute approximate surface area is 278 Å². The molecule has 0 unspecified atom stereocenters. The van der Waals surface area contributed by atoms with E-state index in [4.69, 9.17) is 28.4 Å². The number of benzene rings is 1. The number of ether oxygens (including phenoxy) is 6. The third kappa shape index (κ3) is 12.1. The maximum atomic E-state index is 13.1. The van der Waals surface area contributed by atoms with Crippen molar-refractivity contribution in [3.63, 3.8) is 0 Å². The van der Waals surface area contributed by atoms with Crippen LogP contribution in [0, 0.1) is 23.7 Å². The Morgan fingerprint density at radius 2 is 1.12 bits per heavy atom. The van der Waals surface area contributed by atoms with Crippen molar-refractivity contribution in [2.45, 2.75) is 64.2 Å². The molecule has 0 aromatic heterocycles. The van der Waals surface area contributed by atoms with Crippen molar-refractivity contribution >= 4 is 42.1 Å². The predicted octanol–water partition coefficient (Wildman–Crippen LogP) is 4.25. The molecule has 48 heavy (non-hydrogen) atoms. The maximum absolute atomic E-state index is 13.1. The van der Waals surface area contributed by atoms with E-state index in [1.807, 2.05) is 0 Å². The molecule has 0 radical (unpaired) electrons. The maximum Gasteiger partial charge on any atom is 0.342 e. The summed E-state index contributed by atoms with van der Waals surface area (Å²) >= 11 is 0. The SMILES string of the molecule is C=CC(=O)OCCCCOC(=O)C1CCC(C(=O)Oc2ccc(OC(=O)C3CCC(C=O)CC3)cc2C(=O)OCCOC(=O)C=C)CC1. The average Bonchev–Trinajstić information content (AvgIpc) is 3.11. The van der Waals surface area contributed by atoms with E-state index in [0.29, 0.717) is 64.2 Å². The molecule has 2 aliphatic carbocycles. The topological polar surface area (TPSA) is 175 Å². The molecule has 0 bridgehead atoms. The predicted molar refractivity (Wildman–Crippen MR) is 167 cm³/mol. The highest BCUT2D eigenvalue weighted by molar-refractivity contribution is 5.94. The molecule has 2 saturated carbocycles. The smallest absolute Gasteiger partial charge is 0.342 e. The minimum Gasteiger partial charge on any atom is -0.465 e. The minimum absolute atomic E-state index is 0.0409. The molecule has 0 heterocycles. The van der Waals surface area contributed by atoms with Crippen LogP contribution in [-0.2, 0) is 47.7 Å². The van der Waals surface area contributed by atoms with Gasteiger partial charge < -0.3 is 33.2 Å². The van der Waals surface area contributed by atoms with E-state index in [0.717, 1.165) is 18.4 Å². The van der Waals surface area contributed by atoms with E-state index in [1.165, 1.54) is 18.2 Å². The second-order valence-corrected chi connectivity index (χ2v) is 11.6. The van der Waals surface area contributed by atoms with Gasteiger partial charge in [0.1, 0.15) is 36.6 Å². The van der Waals surface area contributed by atoms with E-state index in [2.05, 4.69) is 13.2 Å². The van der Waals surface area contributed by atoms with Crippen LogP contribution in [-0.4, -0.2) is 68.5 Å². The molecule has 0 spiro atoms. The van der Waals surface area contributed by atoms with Gasteiger partial charge >= 0.3 is 35.8 Å². The molecule has 1 aromatic carbocycles. The van der Waals surface area contributed by atoms with Crippen molar-refractivity contribution < 1.29 is 62.0 Å². The molecule has 1 aromatic rings. The van der Waals surface area contributed by atoms with Crippen molar-refractivity contribution in [3.8, 4) is 11.5 Å². The van der Waals surface area contributed by atoms with Gasteiger partial charge in [-0.05, 0) is 82.4 Å². The number of esters is 6. The van der Waals surface area contributed by atoms with Crippen molar-refractivity contribution in [1.82, 2.24) is 0 Å². The number of carbonyl (C=O) groups is 7. The minimum atomic E-state index is -0.901. The zero-order valence-electron chi connectivity index (χ0n) is 26.9. The molecule has 0 saturated heterocycles. The number of hydrogen-bond acceptors (Lipinski definition) is 13. The lowest BCUT2D eigenvalue weighted by atomic mass is 9.82. The lowest BCUT2D eigenvalue weighted by molar-refractivity contribution is -0.152. The van der Waals surface area contributed by atoms with Crippen LogP contribution in [0.15, 0.2) is 43.5 Å². The Hall–Kier alpha value is -4.81. The van der Waals surface area contributed by atoms with E-state index in [1.54, 1.807) is 0 Å². The number of carbonyl (C=O) groups excluding carboxylic acids is 7. The molecule has 0 N–H and O–H groups in total. The molecule has 0 atom stereocenters. The van der Waals surface area contributed by atoms with Crippen molar-refractivity contribution in [2.75, 3.05) is 26.4 Å². The number of aldehydes is 1. The van der Waals surface area contributed by atoms with Crippen LogP contribution in [0.1, 0.15) is 74.6 Å². The van der Waals surface area contributed by atoms with E-state index < -0.39 is 41.7 Å². The Morgan fingerprint density at radius 3 is 1.71 bits per heavy atom. The van der Waals surface area contributed by atoms with Crippen LogP contribution < -0.4 is 9.47 Å². The van der Waals surface area contributed by atoms with Crippen LogP contribution in [0.5, 0.6) is 11.5 Å². The first kappa shape index (κ1) is 37.6. The van der Waals surface area contributed by atoms with Gasteiger partial charge in [-0.1, -0.05) is 13.2 Å². The van der Waals surface area contributed by atoms with E-state index >= 15 is 0 Å².